The number of aryl methyl sites for hydroxylation is 1. The van der Waals surface area contributed by atoms with Crippen LogP contribution in [0.3, 0.4) is 0 Å². The van der Waals surface area contributed by atoms with Crippen LogP contribution in [0.25, 0.3) is 0 Å². The molecule has 1 heterocycles. The molecule has 7 nitrogen and oxygen atoms in total. The fraction of sp³-hybridized carbons (Fsp3) is 0.400. The smallest absolute Gasteiger partial charge is 0.229 e. The maximum Gasteiger partial charge on any atom is 0.229 e. The number of para-hydroxylation sites is 1. The van der Waals surface area contributed by atoms with Crippen molar-refractivity contribution in [2.24, 2.45) is 5.92 Å². The summed E-state index contributed by atoms with van der Waals surface area (Å²) in [6.07, 6.45) is 2.19. The van der Waals surface area contributed by atoms with Gasteiger partial charge in [0, 0.05) is 30.9 Å². The SMILES string of the molecule is CCC(=O)Nc1ccc(C)c(NC(=O)C2CCCN(C(=O)CCOc3ccccc3)C2)c1. The predicted molar refractivity (Wildman–Crippen MR) is 125 cm³/mol. The molecule has 7 heteroatoms. The summed E-state index contributed by atoms with van der Waals surface area (Å²) < 4.78 is 5.62. The van der Waals surface area contributed by atoms with Gasteiger partial charge in [0.1, 0.15) is 5.75 Å². The highest BCUT2D eigenvalue weighted by molar-refractivity contribution is 5.96. The molecule has 3 amide bonds. The van der Waals surface area contributed by atoms with Crippen LogP contribution in [0.2, 0.25) is 0 Å². The van der Waals surface area contributed by atoms with Gasteiger partial charge in [-0.25, -0.2) is 0 Å². The first-order valence-corrected chi connectivity index (χ1v) is 11.1. The number of nitrogens with one attached hydrogen (secondary N) is 2. The molecule has 0 bridgehead atoms. The number of piperidine rings is 1. The first kappa shape index (κ1) is 23.3. The third-order valence-corrected chi connectivity index (χ3v) is 5.57. The van der Waals surface area contributed by atoms with E-state index in [9.17, 15) is 14.4 Å². The molecule has 1 aliphatic rings. The van der Waals surface area contributed by atoms with Crippen molar-refractivity contribution >= 4 is 29.1 Å². The maximum absolute atomic E-state index is 12.9. The number of rotatable bonds is 8. The molecule has 2 aromatic rings. The van der Waals surface area contributed by atoms with Gasteiger partial charge in [-0.05, 0) is 49.6 Å². The van der Waals surface area contributed by atoms with Crippen molar-refractivity contribution in [3.05, 3.63) is 54.1 Å². The number of carbonyl (C=O) groups excluding carboxylic acids is 3. The quantitative estimate of drug-likeness (QED) is 0.654. The molecule has 0 spiro atoms. The molecule has 32 heavy (non-hydrogen) atoms. The standard InChI is InChI=1S/C25H31N3O4/c1-3-23(29)26-20-12-11-18(2)22(16-20)27-25(31)19-8-7-14-28(17-19)24(30)13-15-32-21-9-5-4-6-10-21/h4-6,9-12,16,19H,3,7-8,13-15,17H2,1-2H3,(H,26,29)(H,27,31). The summed E-state index contributed by atoms with van der Waals surface area (Å²) in [7, 11) is 0. The van der Waals surface area contributed by atoms with Crippen LogP contribution >= 0.6 is 0 Å². The average molecular weight is 438 g/mol. The highest BCUT2D eigenvalue weighted by Gasteiger charge is 2.28. The largest absolute Gasteiger partial charge is 0.493 e. The van der Waals surface area contributed by atoms with Crippen LogP contribution in [0.1, 0.15) is 38.2 Å². The Balaban J connectivity index is 1.53. The number of anilines is 2. The number of likely N-dealkylation sites (tertiary alicyclic amines) is 1. The van der Waals surface area contributed by atoms with E-state index < -0.39 is 0 Å². The number of benzene rings is 2. The van der Waals surface area contributed by atoms with E-state index in [0.717, 1.165) is 24.2 Å². The van der Waals surface area contributed by atoms with Gasteiger partial charge in [-0.3, -0.25) is 14.4 Å². The summed E-state index contributed by atoms with van der Waals surface area (Å²) in [4.78, 5) is 38.9. The topological polar surface area (TPSA) is 87.7 Å². The minimum Gasteiger partial charge on any atom is -0.493 e. The van der Waals surface area contributed by atoms with Crippen LogP contribution in [-0.4, -0.2) is 42.3 Å². The summed E-state index contributed by atoms with van der Waals surface area (Å²) in [6, 6.07) is 14.9. The Morgan fingerprint density at radius 2 is 1.88 bits per heavy atom. The van der Waals surface area contributed by atoms with Gasteiger partial charge in [0.15, 0.2) is 0 Å². The van der Waals surface area contributed by atoms with Crippen molar-refractivity contribution in [2.45, 2.75) is 39.5 Å². The molecule has 1 unspecified atom stereocenters. The highest BCUT2D eigenvalue weighted by atomic mass is 16.5. The van der Waals surface area contributed by atoms with E-state index in [1.807, 2.05) is 49.4 Å². The molecule has 0 aliphatic carbocycles. The van der Waals surface area contributed by atoms with Gasteiger partial charge >= 0.3 is 0 Å². The molecule has 0 aromatic heterocycles. The predicted octanol–water partition coefficient (Wildman–Crippen LogP) is 3.99. The second kappa shape index (κ2) is 11.3. The molecule has 2 aromatic carbocycles. The van der Waals surface area contributed by atoms with E-state index in [0.29, 0.717) is 37.5 Å². The number of amides is 3. The van der Waals surface area contributed by atoms with E-state index in [4.69, 9.17) is 4.74 Å². The fourth-order valence-electron chi connectivity index (χ4n) is 3.67. The van der Waals surface area contributed by atoms with Crippen molar-refractivity contribution in [3.63, 3.8) is 0 Å². The third kappa shape index (κ3) is 6.57. The third-order valence-electron chi connectivity index (χ3n) is 5.57. The van der Waals surface area contributed by atoms with Gasteiger partial charge in [-0.1, -0.05) is 31.2 Å². The molecule has 0 radical (unpaired) electrons. The van der Waals surface area contributed by atoms with Crippen LogP contribution in [0.5, 0.6) is 5.75 Å². The van der Waals surface area contributed by atoms with Crippen LogP contribution in [0.15, 0.2) is 48.5 Å². The Labute approximate surface area is 189 Å². The first-order chi connectivity index (χ1) is 15.5. The molecular formula is C25H31N3O4. The summed E-state index contributed by atoms with van der Waals surface area (Å²) in [5, 5.41) is 5.79. The second-order valence-corrected chi connectivity index (χ2v) is 8.01. The van der Waals surface area contributed by atoms with Gasteiger partial charge in [0.05, 0.1) is 18.9 Å². The zero-order chi connectivity index (χ0) is 22.9. The molecule has 0 saturated carbocycles. The number of hydrogen-bond acceptors (Lipinski definition) is 4. The van der Waals surface area contributed by atoms with Crippen molar-refractivity contribution in [1.29, 1.82) is 0 Å². The van der Waals surface area contributed by atoms with Crippen LogP contribution in [-0.2, 0) is 14.4 Å². The van der Waals surface area contributed by atoms with E-state index in [2.05, 4.69) is 10.6 Å². The summed E-state index contributed by atoms with van der Waals surface area (Å²) >= 11 is 0. The lowest BCUT2D eigenvalue weighted by Gasteiger charge is -2.32. The lowest BCUT2D eigenvalue weighted by atomic mass is 9.96. The van der Waals surface area contributed by atoms with Crippen molar-refractivity contribution in [3.8, 4) is 5.75 Å². The Hall–Kier alpha value is -3.35. The second-order valence-electron chi connectivity index (χ2n) is 8.01. The minimum absolute atomic E-state index is 0.00103. The summed E-state index contributed by atoms with van der Waals surface area (Å²) in [5.41, 5.74) is 2.23. The molecule has 170 valence electrons. The molecular weight excluding hydrogens is 406 g/mol. The Kier molecular flexibility index (Phi) is 8.25. The molecule has 1 aliphatic heterocycles. The number of hydrogen-bond donors (Lipinski definition) is 2. The Morgan fingerprint density at radius 1 is 1.09 bits per heavy atom. The zero-order valence-corrected chi connectivity index (χ0v) is 18.7. The van der Waals surface area contributed by atoms with E-state index >= 15 is 0 Å². The van der Waals surface area contributed by atoms with E-state index in [-0.39, 0.29) is 30.1 Å². The van der Waals surface area contributed by atoms with Gasteiger partial charge in [0.2, 0.25) is 17.7 Å². The molecule has 1 atom stereocenters. The highest BCUT2D eigenvalue weighted by Crippen LogP contribution is 2.24. The lowest BCUT2D eigenvalue weighted by Crippen LogP contribution is -2.44. The monoisotopic (exact) mass is 437 g/mol. The van der Waals surface area contributed by atoms with Crippen molar-refractivity contribution in [1.82, 2.24) is 4.90 Å². The van der Waals surface area contributed by atoms with Crippen LogP contribution in [0, 0.1) is 12.8 Å². The van der Waals surface area contributed by atoms with E-state index in [1.54, 1.807) is 17.9 Å². The fourth-order valence-corrected chi connectivity index (χ4v) is 3.67. The van der Waals surface area contributed by atoms with Crippen molar-refractivity contribution < 1.29 is 19.1 Å². The minimum atomic E-state index is -0.268. The summed E-state index contributed by atoms with van der Waals surface area (Å²) in [6.45, 7) is 5.07. The van der Waals surface area contributed by atoms with Gasteiger partial charge in [-0.2, -0.15) is 0 Å². The van der Waals surface area contributed by atoms with Crippen LogP contribution in [0.4, 0.5) is 11.4 Å². The average Bonchev–Trinajstić information content (AvgIpc) is 2.81. The number of carbonyl (C=O) groups is 3. The lowest BCUT2D eigenvalue weighted by molar-refractivity contribution is -0.135. The van der Waals surface area contributed by atoms with Crippen molar-refractivity contribution in [2.75, 3.05) is 30.3 Å². The van der Waals surface area contributed by atoms with Gasteiger partial charge in [0.25, 0.3) is 0 Å². The maximum atomic E-state index is 12.9. The zero-order valence-electron chi connectivity index (χ0n) is 18.7. The summed E-state index contributed by atoms with van der Waals surface area (Å²) in [5.74, 6) is 0.285. The normalized spacial score (nSPS) is 15.7. The molecule has 1 saturated heterocycles. The Morgan fingerprint density at radius 3 is 2.62 bits per heavy atom. The number of ether oxygens (including phenoxy) is 1. The van der Waals surface area contributed by atoms with Gasteiger partial charge < -0.3 is 20.3 Å². The van der Waals surface area contributed by atoms with Gasteiger partial charge in [-0.15, -0.1) is 0 Å². The molecule has 1 fully saturated rings. The first-order valence-electron chi connectivity index (χ1n) is 11.1. The van der Waals surface area contributed by atoms with E-state index in [1.165, 1.54) is 0 Å². The van der Waals surface area contributed by atoms with Crippen LogP contribution < -0.4 is 15.4 Å². The molecule has 2 N–H and O–H groups in total. The molecule has 3 rings (SSSR count). The number of nitrogens with zero attached hydrogens (tertiary/aromatic N) is 1. The Bertz CT molecular complexity index is 945.